The fourth-order valence-corrected chi connectivity index (χ4v) is 3.99. The zero-order chi connectivity index (χ0) is 19.6. The van der Waals surface area contributed by atoms with E-state index in [1.54, 1.807) is 12.1 Å². The largest absolute Gasteiger partial charge is 0.357 e. The topological polar surface area (TPSA) is 53.0 Å². The minimum Gasteiger partial charge on any atom is -0.357 e. The number of aromatic amines is 1. The lowest BCUT2D eigenvalue weighted by Crippen LogP contribution is -2.45. The van der Waals surface area contributed by atoms with Crippen molar-refractivity contribution >= 4 is 10.9 Å². The third-order valence-corrected chi connectivity index (χ3v) is 5.53. The van der Waals surface area contributed by atoms with Gasteiger partial charge in [0.25, 0.3) is 0 Å². The summed E-state index contributed by atoms with van der Waals surface area (Å²) in [6, 6.07) is 16.0. The summed E-state index contributed by atoms with van der Waals surface area (Å²) in [6.07, 6.45) is 2.91. The van der Waals surface area contributed by atoms with Crippen LogP contribution in [0.5, 0.6) is 0 Å². The Morgan fingerprint density at radius 3 is 2.45 bits per heavy atom. The van der Waals surface area contributed by atoms with E-state index in [1.165, 1.54) is 33.9 Å². The Balaban J connectivity index is 1.17. The number of halogens is 1. The first kappa shape index (κ1) is 18.0. The number of rotatable bonds is 5. The molecule has 2 aromatic carbocycles. The maximum absolute atomic E-state index is 14.4. The fourth-order valence-electron chi connectivity index (χ4n) is 3.99. The summed E-state index contributed by atoms with van der Waals surface area (Å²) in [7, 11) is 0. The number of hydrogen-bond acceptors (Lipinski definition) is 4. The number of nitrogens with zero attached hydrogens (tertiary/aromatic N) is 5. The van der Waals surface area contributed by atoms with E-state index in [-0.39, 0.29) is 5.82 Å². The van der Waals surface area contributed by atoms with E-state index in [0.717, 1.165) is 44.8 Å². The Hall–Kier alpha value is -3.03. The number of fused-ring (bicyclic) bond motifs is 1. The lowest BCUT2D eigenvalue weighted by Gasteiger charge is -2.34. The monoisotopic (exact) mass is 390 g/mol. The van der Waals surface area contributed by atoms with E-state index in [4.69, 9.17) is 0 Å². The fraction of sp³-hybridized carbons (Fsp3) is 0.273. The standard InChI is InChI=1S/C22H23FN6/c23-20-11-17(5-6-22(20)29-16-24-15-25-29)13-27-7-9-28(10-8-27)14-19-12-18-3-1-2-4-21(18)26-19/h1-6,11-12,15-16,26H,7-10,13-14H2. The first-order chi connectivity index (χ1) is 14.2. The van der Waals surface area contributed by atoms with Crippen LogP contribution >= 0.6 is 0 Å². The minimum atomic E-state index is -0.273. The average molecular weight is 390 g/mol. The molecule has 1 aliphatic heterocycles. The Kier molecular flexibility index (Phi) is 4.83. The van der Waals surface area contributed by atoms with Crippen molar-refractivity contribution in [3.05, 3.63) is 78.3 Å². The summed E-state index contributed by atoms with van der Waals surface area (Å²) in [5.74, 6) is -0.273. The molecule has 1 aliphatic rings. The van der Waals surface area contributed by atoms with E-state index in [2.05, 4.69) is 55.2 Å². The summed E-state index contributed by atoms with van der Waals surface area (Å²) in [5.41, 5.74) is 3.85. The molecule has 0 unspecified atom stereocenters. The number of hydrogen-bond donors (Lipinski definition) is 1. The molecule has 3 heterocycles. The number of H-pyrrole nitrogens is 1. The van der Waals surface area contributed by atoms with Crippen LogP contribution in [0.3, 0.4) is 0 Å². The molecule has 1 fully saturated rings. The third-order valence-electron chi connectivity index (χ3n) is 5.53. The molecule has 0 atom stereocenters. The van der Waals surface area contributed by atoms with Gasteiger partial charge in [-0.2, -0.15) is 5.10 Å². The van der Waals surface area contributed by atoms with Crippen LogP contribution in [-0.4, -0.2) is 55.7 Å². The lowest BCUT2D eigenvalue weighted by molar-refractivity contribution is 0.121. The molecular weight excluding hydrogens is 367 g/mol. The van der Waals surface area contributed by atoms with Crippen LogP contribution in [0.15, 0.2) is 61.2 Å². The average Bonchev–Trinajstić information content (AvgIpc) is 3.39. The van der Waals surface area contributed by atoms with Crippen LogP contribution in [-0.2, 0) is 13.1 Å². The molecule has 5 rings (SSSR count). The molecule has 2 aromatic heterocycles. The smallest absolute Gasteiger partial charge is 0.149 e. The van der Waals surface area contributed by atoms with Gasteiger partial charge in [0, 0.05) is 50.5 Å². The first-order valence-electron chi connectivity index (χ1n) is 9.89. The number of para-hydroxylation sites is 1. The second-order valence-corrected chi connectivity index (χ2v) is 7.56. The molecule has 0 aliphatic carbocycles. The zero-order valence-corrected chi connectivity index (χ0v) is 16.1. The highest BCUT2D eigenvalue weighted by Gasteiger charge is 2.18. The van der Waals surface area contributed by atoms with Crippen molar-refractivity contribution in [2.45, 2.75) is 13.1 Å². The van der Waals surface area contributed by atoms with Crippen LogP contribution in [0.1, 0.15) is 11.3 Å². The molecule has 0 spiro atoms. The zero-order valence-electron chi connectivity index (χ0n) is 16.1. The van der Waals surface area contributed by atoms with E-state index < -0.39 is 0 Å². The van der Waals surface area contributed by atoms with Gasteiger partial charge in [0.2, 0.25) is 0 Å². The van der Waals surface area contributed by atoms with Crippen LogP contribution in [0, 0.1) is 5.82 Å². The molecule has 0 amide bonds. The van der Waals surface area contributed by atoms with Crippen LogP contribution < -0.4 is 0 Å². The molecule has 6 nitrogen and oxygen atoms in total. The van der Waals surface area contributed by atoms with Gasteiger partial charge in [0.1, 0.15) is 24.2 Å². The van der Waals surface area contributed by atoms with Crippen LogP contribution in [0.2, 0.25) is 0 Å². The Morgan fingerprint density at radius 2 is 1.72 bits per heavy atom. The first-order valence-corrected chi connectivity index (χ1v) is 9.89. The summed E-state index contributed by atoms with van der Waals surface area (Å²) in [6.45, 7) is 5.67. The van der Waals surface area contributed by atoms with E-state index in [9.17, 15) is 4.39 Å². The third kappa shape index (κ3) is 3.92. The highest BCUT2D eigenvalue weighted by molar-refractivity contribution is 5.80. The summed E-state index contributed by atoms with van der Waals surface area (Å²) in [5, 5.41) is 5.26. The van der Waals surface area contributed by atoms with Crippen LogP contribution in [0.25, 0.3) is 16.6 Å². The molecule has 148 valence electrons. The van der Waals surface area contributed by atoms with Gasteiger partial charge in [-0.05, 0) is 35.2 Å². The highest BCUT2D eigenvalue weighted by atomic mass is 19.1. The van der Waals surface area contributed by atoms with Crippen molar-refractivity contribution in [2.24, 2.45) is 0 Å². The van der Waals surface area contributed by atoms with E-state index >= 15 is 0 Å². The van der Waals surface area contributed by atoms with Gasteiger partial charge >= 0.3 is 0 Å². The van der Waals surface area contributed by atoms with Gasteiger partial charge in [0.15, 0.2) is 0 Å². The van der Waals surface area contributed by atoms with Crippen molar-refractivity contribution in [3.63, 3.8) is 0 Å². The van der Waals surface area contributed by atoms with Gasteiger partial charge in [-0.25, -0.2) is 14.1 Å². The SMILES string of the molecule is Fc1cc(CN2CCN(Cc3cc4ccccc4[nH]3)CC2)ccc1-n1cncn1. The second kappa shape index (κ2) is 7.77. The molecule has 1 saturated heterocycles. The highest BCUT2D eigenvalue weighted by Crippen LogP contribution is 2.18. The van der Waals surface area contributed by atoms with E-state index in [0.29, 0.717) is 5.69 Å². The molecule has 7 heteroatoms. The molecule has 0 saturated carbocycles. The van der Waals surface area contributed by atoms with E-state index in [1.807, 2.05) is 6.07 Å². The maximum Gasteiger partial charge on any atom is 0.149 e. The molecule has 1 N–H and O–H groups in total. The van der Waals surface area contributed by atoms with Gasteiger partial charge in [-0.15, -0.1) is 0 Å². The minimum absolute atomic E-state index is 0.273. The van der Waals surface area contributed by atoms with Gasteiger partial charge in [-0.1, -0.05) is 24.3 Å². The summed E-state index contributed by atoms with van der Waals surface area (Å²) >= 11 is 0. The molecule has 29 heavy (non-hydrogen) atoms. The lowest BCUT2D eigenvalue weighted by atomic mass is 10.1. The number of nitrogens with one attached hydrogen (secondary N) is 1. The number of aromatic nitrogens is 4. The molecule has 0 radical (unpaired) electrons. The van der Waals surface area contributed by atoms with Crippen molar-refractivity contribution in [1.29, 1.82) is 0 Å². The summed E-state index contributed by atoms with van der Waals surface area (Å²) in [4.78, 5) is 12.2. The Bertz CT molecular complexity index is 1060. The van der Waals surface area contributed by atoms with Crippen LogP contribution in [0.4, 0.5) is 4.39 Å². The predicted octanol–water partition coefficient (Wildman–Crippen LogP) is 3.21. The van der Waals surface area contributed by atoms with Crippen molar-refractivity contribution in [2.75, 3.05) is 26.2 Å². The van der Waals surface area contributed by atoms with Crippen molar-refractivity contribution in [1.82, 2.24) is 29.5 Å². The number of piperazine rings is 1. The molecule has 4 aromatic rings. The normalized spacial score (nSPS) is 15.9. The van der Waals surface area contributed by atoms with Gasteiger partial charge < -0.3 is 4.98 Å². The van der Waals surface area contributed by atoms with Crippen molar-refractivity contribution in [3.8, 4) is 5.69 Å². The number of benzene rings is 2. The van der Waals surface area contributed by atoms with Gasteiger partial charge in [-0.3, -0.25) is 9.80 Å². The molecular formula is C22H23FN6. The second-order valence-electron chi connectivity index (χ2n) is 7.56. The quantitative estimate of drug-likeness (QED) is 0.569. The molecule has 0 bridgehead atoms. The van der Waals surface area contributed by atoms with Crippen molar-refractivity contribution < 1.29 is 4.39 Å². The Morgan fingerprint density at radius 1 is 0.931 bits per heavy atom. The summed E-state index contributed by atoms with van der Waals surface area (Å²) < 4.78 is 15.9. The maximum atomic E-state index is 14.4. The predicted molar refractivity (Wildman–Crippen MR) is 110 cm³/mol. The van der Waals surface area contributed by atoms with Gasteiger partial charge in [0.05, 0.1) is 0 Å². The Labute approximate surface area is 168 Å².